The molecule has 136 valence electrons. The van der Waals surface area contributed by atoms with Crippen molar-refractivity contribution in [3.63, 3.8) is 0 Å². The van der Waals surface area contributed by atoms with Crippen molar-refractivity contribution in [1.82, 2.24) is 9.88 Å². The van der Waals surface area contributed by atoms with Gasteiger partial charge in [0, 0.05) is 28.0 Å². The Kier molecular flexibility index (Phi) is 5.27. The summed E-state index contributed by atoms with van der Waals surface area (Å²) in [6.45, 7) is 3.78. The van der Waals surface area contributed by atoms with Gasteiger partial charge in [0.2, 0.25) is 0 Å². The van der Waals surface area contributed by atoms with Gasteiger partial charge in [0.05, 0.1) is 11.3 Å². The number of nitrogen functional groups attached to an aromatic ring is 1. The van der Waals surface area contributed by atoms with Crippen molar-refractivity contribution in [2.24, 2.45) is 0 Å². The first-order valence-corrected chi connectivity index (χ1v) is 9.34. The highest BCUT2D eigenvalue weighted by Crippen LogP contribution is 2.38. The van der Waals surface area contributed by atoms with Crippen LogP contribution in [0.4, 0.5) is 18.3 Å². The largest absolute Gasteiger partial charge is 0.416 e. The minimum absolute atomic E-state index is 0.0370. The summed E-state index contributed by atoms with van der Waals surface area (Å²) in [5.74, 6) is 0. The Morgan fingerprint density at radius 1 is 1.36 bits per heavy atom. The minimum atomic E-state index is -4.45. The third-order valence-corrected chi connectivity index (χ3v) is 5.62. The van der Waals surface area contributed by atoms with Gasteiger partial charge in [0.15, 0.2) is 5.13 Å². The average Bonchev–Trinajstić information content (AvgIpc) is 3.12. The highest BCUT2D eigenvalue weighted by molar-refractivity contribution is 7.15. The number of aromatic nitrogens is 1. The lowest BCUT2D eigenvalue weighted by molar-refractivity contribution is -0.137. The van der Waals surface area contributed by atoms with E-state index in [1.807, 2.05) is 0 Å². The lowest BCUT2D eigenvalue weighted by atomic mass is 10.1. The second kappa shape index (κ2) is 7.13. The molecule has 2 aromatic rings. The molecule has 0 spiro atoms. The molecule has 0 aliphatic carbocycles. The minimum Gasteiger partial charge on any atom is -0.375 e. The van der Waals surface area contributed by atoms with Crippen molar-refractivity contribution in [3.8, 4) is 11.3 Å². The molecule has 0 amide bonds. The van der Waals surface area contributed by atoms with Gasteiger partial charge in [-0.25, -0.2) is 4.98 Å². The number of hydrogen-bond acceptors (Lipinski definition) is 4. The van der Waals surface area contributed by atoms with Crippen LogP contribution >= 0.6 is 22.9 Å². The molecule has 1 aliphatic rings. The maximum absolute atomic E-state index is 13.1. The first-order valence-electron chi connectivity index (χ1n) is 8.15. The van der Waals surface area contributed by atoms with Crippen LogP contribution in [-0.4, -0.2) is 22.5 Å². The summed E-state index contributed by atoms with van der Waals surface area (Å²) in [7, 11) is 0. The maximum Gasteiger partial charge on any atom is 0.416 e. The molecule has 0 saturated carbocycles. The predicted molar refractivity (Wildman–Crippen MR) is 95.7 cm³/mol. The zero-order valence-corrected chi connectivity index (χ0v) is 15.3. The van der Waals surface area contributed by atoms with Crippen LogP contribution < -0.4 is 5.73 Å². The van der Waals surface area contributed by atoms with Crippen LogP contribution in [0.1, 0.15) is 36.6 Å². The number of hydrogen-bond donors (Lipinski definition) is 1. The Morgan fingerprint density at radius 2 is 2.12 bits per heavy atom. The van der Waals surface area contributed by atoms with E-state index >= 15 is 0 Å². The quantitative estimate of drug-likeness (QED) is 0.757. The van der Waals surface area contributed by atoms with E-state index in [9.17, 15) is 13.2 Å². The second-order valence-corrected chi connectivity index (χ2v) is 7.78. The fourth-order valence-corrected chi connectivity index (χ4v) is 4.46. The van der Waals surface area contributed by atoms with Crippen LogP contribution in [0, 0.1) is 0 Å². The summed E-state index contributed by atoms with van der Waals surface area (Å²) >= 11 is 7.24. The Bertz CT molecular complexity index is 760. The Morgan fingerprint density at radius 3 is 2.80 bits per heavy atom. The summed E-state index contributed by atoms with van der Waals surface area (Å²) < 4.78 is 39.3. The predicted octanol–water partition coefficient (Wildman–Crippen LogP) is 5.44. The van der Waals surface area contributed by atoms with E-state index in [1.165, 1.54) is 17.4 Å². The van der Waals surface area contributed by atoms with E-state index in [1.54, 1.807) is 0 Å². The van der Waals surface area contributed by atoms with Crippen LogP contribution in [0.25, 0.3) is 11.3 Å². The fraction of sp³-hybridized carbons (Fsp3) is 0.471. The van der Waals surface area contributed by atoms with Gasteiger partial charge >= 0.3 is 6.18 Å². The lowest BCUT2D eigenvalue weighted by Crippen LogP contribution is -2.28. The molecule has 0 unspecified atom stereocenters. The standard InChI is InChI=1S/C17H19ClF3N3S/c1-2-13-4-3-5-24(13)9-14-15(23-16(22)25-14)10-6-11(17(19,20)21)8-12(18)7-10/h6-8,13H,2-5,9H2,1H3,(H2,22,23)/t13-/m1/s1. The van der Waals surface area contributed by atoms with Crippen molar-refractivity contribution in [1.29, 1.82) is 0 Å². The van der Waals surface area contributed by atoms with E-state index in [-0.39, 0.29) is 5.02 Å². The normalized spacial score (nSPS) is 18.8. The molecule has 8 heteroatoms. The van der Waals surface area contributed by atoms with Gasteiger partial charge in [-0.15, -0.1) is 11.3 Å². The molecule has 25 heavy (non-hydrogen) atoms. The first-order chi connectivity index (χ1) is 11.8. The second-order valence-electron chi connectivity index (χ2n) is 6.23. The summed E-state index contributed by atoms with van der Waals surface area (Å²) in [6.07, 6.45) is -1.12. The third kappa shape index (κ3) is 4.10. The molecular formula is C17H19ClF3N3S. The van der Waals surface area contributed by atoms with Gasteiger partial charge in [-0.2, -0.15) is 13.2 Å². The first kappa shape index (κ1) is 18.5. The molecule has 3 rings (SSSR count). The van der Waals surface area contributed by atoms with E-state index in [0.29, 0.717) is 29.0 Å². The summed E-state index contributed by atoms with van der Waals surface area (Å²) in [4.78, 5) is 7.52. The molecular weight excluding hydrogens is 371 g/mol. The number of thiazole rings is 1. The van der Waals surface area contributed by atoms with E-state index in [0.717, 1.165) is 42.8 Å². The van der Waals surface area contributed by atoms with Crippen LogP contribution in [0.3, 0.4) is 0 Å². The maximum atomic E-state index is 13.1. The number of alkyl halides is 3. The molecule has 1 saturated heterocycles. The van der Waals surface area contributed by atoms with Crippen molar-refractivity contribution in [3.05, 3.63) is 33.7 Å². The molecule has 1 aliphatic heterocycles. The topological polar surface area (TPSA) is 42.1 Å². The van der Waals surface area contributed by atoms with Crippen LogP contribution in [-0.2, 0) is 12.7 Å². The molecule has 1 aromatic heterocycles. The number of likely N-dealkylation sites (tertiary alicyclic amines) is 1. The molecule has 3 nitrogen and oxygen atoms in total. The lowest BCUT2D eigenvalue weighted by Gasteiger charge is -2.22. The van der Waals surface area contributed by atoms with Crippen molar-refractivity contribution < 1.29 is 13.2 Å². The summed E-state index contributed by atoms with van der Waals surface area (Å²) in [6, 6.07) is 4.02. The van der Waals surface area contributed by atoms with Crippen LogP contribution in [0.15, 0.2) is 18.2 Å². The number of anilines is 1. The van der Waals surface area contributed by atoms with E-state index in [2.05, 4.69) is 16.8 Å². The third-order valence-electron chi connectivity index (χ3n) is 4.53. The van der Waals surface area contributed by atoms with Gasteiger partial charge in [0.25, 0.3) is 0 Å². The SMILES string of the molecule is CC[C@@H]1CCCN1Cc1sc(N)nc1-c1cc(Cl)cc(C(F)(F)F)c1. The Balaban J connectivity index is 1.97. The van der Waals surface area contributed by atoms with Crippen molar-refractivity contribution in [2.45, 2.75) is 44.9 Å². The van der Waals surface area contributed by atoms with Crippen LogP contribution in [0.2, 0.25) is 5.02 Å². The molecule has 0 bridgehead atoms. The Hall–Kier alpha value is -1.31. The number of nitrogens with two attached hydrogens (primary N) is 1. The number of benzene rings is 1. The average molecular weight is 390 g/mol. The number of rotatable bonds is 4. The molecule has 1 aromatic carbocycles. The smallest absolute Gasteiger partial charge is 0.375 e. The Labute approximate surface area is 153 Å². The van der Waals surface area contributed by atoms with Crippen molar-refractivity contribution in [2.75, 3.05) is 12.3 Å². The highest BCUT2D eigenvalue weighted by atomic mass is 35.5. The van der Waals surface area contributed by atoms with Gasteiger partial charge in [-0.1, -0.05) is 18.5 Å². The zero-order chi connectivity index (χ0) is 18.2. The number of halogens is 4. The summed E-state index contributed by atoms with van der Waals surface area (Å²) in [5.41, 5.74) is 5.93. The molecule has 2 heterocycles. The van der Waals surface area contributed by atoms with Gasteiger partial charge in [-0.05, 0) is 44.0 Å². The monoisotopic (exact) mass is 389 g/mol. The molecule has 1 fully saturated rings. The summed E-state index contributed by atoms with van der Waals surface area (Å²) in [5, 5.41) is 0.390. The van der Waals surface area contributed by atoms with E-state index < -0.39 is 11.7 Å². The van der Waals surface area contributed by atoms with Crippen molar-refractivity contribution >= 4 is 28.1 Å². The van der Waals surface area contributed by atoms with Gasteiger partial charge in [0.1, 0.15) is 0 Å². The fourth-order valence-electron chi connectivity index (χ4n) is 3.34. The molecule has 0 radical (unpaired) electrons. The van der Waals surface area contributed by atoms with Gasteiger partial charge in [-0.3, -0.25) is 4.90 Å². The number of nitrogens with zero attached hydrogens (tertiary/aromatic N) is 2. The van der Waals surface area contributed by atoms with Gasteiger partial charge < -0.3 is 5.73 Å². The highest BCUT2D eigenvalue weighted by Gasteiger charge is 2.32. The zero-order valence-electron chi connectivity index (χ0n) is 13.7. The van der Waals surface area contributed by atoms with E-state index in [4.69, 9.17) is 17.3 Å². The molecule has 1 atom stereocenters. The van der Waals surface area contributed by atoms with Crippen LogP contribution in [0.5, 0.6) is 0 Å². The molecule has 2 N–H and O–H groups in total.